The van der Waals surface area contributed by atoms with Crippen molar-refractivity contribution < 1.29 is 19.5 Å². The van der Waals surface area contributed by atoms with E-state index in [4.69, 9.17) is 11.5 Å². The molecule has 0 fully saturated rings. The van der Waals surface area contributed by atoms with Crippen LogP contribution >= 0.6 is 0 Å². The van der Waals surface area contributed by atoms with Crippen molar-refractivity contribution in [3.05, 3.63) is 0 Å². The molecule has 0 aliphatic heterocycles. The molecule has 0 aliphatic carbocycles. The molecule has 3 atom stereocenters. The predicted octanol–water partition coefficient (Wildman–Crippen LogP) is -0.191. The molecule has 8 nitrogen and oxygen atoms in total. The fourth-order valence-corrected chi connectivity index (χ4v) is 2.10. The van der Waals surface area contributed by atoms with E-state index in [0.717, 1.165) is 0 Å². The summed E-state index contributed by atoms with van der Waals surface area (Å²) in [7, 11) is 0. The Balaban J connectivity index is 5.00. The monoisotopic (exact) mass is 344 g/mol. The van der Waals surface area contributed by atoms with Crippen molar-refractivity contribution in [2.24, 2.45) is 23.3 Å². The van der Waals surface area contributed by atoms with Gasteiger partial charge in [0.25, 0.3) is 0 Å². The van der Waals surface area contributed by atoms with Gasteiger partial charge in [-0.1, -0.05) is 27.7 Å². The van der Waals surface area contributed by atoms with E-state index >= 15 is 0 Å². The van der Waals surface area contributed by atoms with Gasteiger partial charge in [-0.05, 0) is 37.6 Å². The Hall–Kier alpha value is -1.67. The topological polar surface area (TPSA) is 148 Å². The molecule has 0 aromatic heterocycles. The highest BCUT2D eigenvalue weighted by atomic mass is 16.4. The summed E-state index contributed by atoms with van der Waals surface area (Å²) in [5, 5.41) is 14.3. The third-order valence-electron chi connectivity index (χ3n) is 3.83. The molecule has 0 radical (unpaired) electrons. The number of nitrogens with two attached hydrogens (primary N) is 2. The van der Waals surface area contributed by atoms with Gasteiger partial charge in [0.2, 0.25) is 11.8 Å². The third kappa shape index (κ3) is 7.74. The van der Waals surface area contributed by atoms with Gasteiger partial charge in [0.1, 0.15) is 12.1 Å². The van der Waals surface area contributed by atoms with E-state index in [1.807, 2.05) is 13.8 Å². The van der Waals surface area contributed by atoms with Crippen LogP contribution in [-0.2, 0) is 14.4 Å². The number of unbranched alkanes of at least 4 members (excludes halogenated alkanes) is 1. The van der Waals surface area contributed by atoms with Gasteiger partial charge < -0.3 is 27.2 Å². The molecule has 24 heavy (non-hydrogen) atoms. The number of carboxylic acids is 1. The van der Waals surface area contributed by atoms with Gasteiger partial charge in [0.15, 0.2) is 0 Å². The summed E-state index contributed by atoms with van der Waals surface area (Å²) in [4.78, 5) is 35.8. The van der Waals surface area contributed by atoms with Crippen LogP contribution in [0.15, 0.2) is 0 Å². The molecular weight excluding hydrogens is 312 g/mol. The fraction of sp³-hybridized carbons (Fsp3) is 0.812. The number of hydrogen-bond donors (Lipinski definition) is 5. The Morgan fingerprint density at radius 2 is 1.54 bits per heavy atom. The highest BCUT2D eigenvalue weighted by Gasteiger charge is 2.29. The van der Waals surface area contributed by atoms with Crippen LogP contribution in [0, 0.1) is 11.8 Å². The zero-order valence-corrected chi connectivity index (χ0v) is 15.0. The summed E-state index contributed by atoms with van der Waals surface area (Å²) in [5.74, 6) is -2.39. The molecule has 0 bridgehead atoms. The van der Waals surface area contributed by atoms with Crippen molar-refractivity contribution in [2.45, 2.75) is 65.1 Å². The summed E-state index contributed by atoms with van der Waals surface area (Å²) in [6, 6.07) is -2.56. The first-order valence-electron chi connectivity index (χ1n) is 8.41. The van der Waals surface area contributed by atoms with Crippen LogP contribution < -0.4 is 22.1 Å². The van der Waals surface area contributed by atoms with E-state index in [9.17, 15) is 19.5 Å². The summed E-state index contributed by atoms with van der Waals surface area (Å²) in [5.41, 5.74) is 11.3. The third-order valence-corrected chi connectivity index (χ3v) is 3.83. The first-order valence-corrected chi connectivity index (χ1v) is 8.41. The zero-order chi connectivity index (χ0) is 18.9. The fourth-order valence-electron chi connectivity index (χ4n) is 2.10. The minimum Gasteiger partial charge on any atom is -0.480 e. The van der Waals surface area contributed by atoms with E-state index < -0.39 is 35.9 Å². The van der Waals surface area contributed by atoms with E-state index in [1.165, 1.54) is 0 Å². The number of rotatable bonds is 11. The maximum atomic E-state index is 12.4. The molecule has 0 unspecified atom stereocenters. The lowest BCUT2D eigenvalue weighted by Gasteiger charge is -2.25. The van der Waals surface area contributed by atoms with Crippen LogP contribution in [0.25, 0.3) is 0 Å². The van der Waals surface area contributed by atoms with Crippen LogP contribution in [0.3, 0.4) is 0 Å². The Kier molecular flexibility index (Phi) is 10.2. The molecule has 0 spiro atoms. The first kappa shape index (κ1) is 22.3. The number of carboxylic acid groups (broad SMARTS) is 1. The second-order valence-corrected chi connectivity index (χ2v) is 6.68. The lowest BCUT2D eigenvalue weighted by molar-refractivity contribution is -0.143. The normalized spacial score (nSPS) is 15.0. The number of nitrogens with one attached hydrogen (secondary N) is 2. The minimum absolute atomic E-state index is 0.0693. The van der Waals surface area contributed by atoms with Gasteiger partial charge >= 0.3 is 5.97 Å². The lowest BCUT2D eigenvalue weighted by Crippen LogP contribution is -2.56. The SMILES string of the molecule is CC(C)[C@H](N)C(=O)N[C@@H](CCCCN)C(=O)N[C@H](C(=O)O)C(C)C. The van der Waals surface area contributed by atoms with Crippen LogP contribution in [-0.4, -0.2) is 47.6 Å². The molecule has 0 aliphatic rings. The Morgan fingerprint density at radius 3 is 1.96 bits per heavy atom. The molecule has 0 saturated carbocycles. The maximum absolute atomic E-state index is 12.4. The smallest absolute Gasteiger partial charge is 0.326 e. The van der Waals surface area contributed by atoms with E-state index in [1.54, 1.807) is 13.8 Å². The van der Waals surface area contributed by atoms with Gasteiger partial charge in [0, 0.05) is 0 Å². The van der Waals surface area contributed by atoms with Crippen LogP contribution in [0.5, 0.6) is 0 Å². The van der Waals surface area contributed by atoms with E-state index in [2.05, 4.69) is 10.6 Å². The number of hydrogen-bond acceptors (Lipinski definition) is 5. The highest BCUT2D eigenvalue weighted by molar-refractivity contribution is 5.91. The van der Waals surface area contributed by atoms with Gasteiger partial charge in [-0.15, -0.1) is 0 Å². The number of carbonyl (C=O) groups excluding carboxylic acids is 2. The Labute approximate surface area is 143 Å². The second-order valence-electron chi connectivity index (χ2n) is 6.68. The van der Waals surface area contributed by atoms with Crippen LogP contribution in [0.1, 0.15) is 47.0 Å². The van der Waals surface area contributed by atoms with Crippen molar-refractivity contribution in [2.75, 3.05) is 6.54 Å². The zero-order valence-electron chi connectivity index (χ0n) is 15.0. The molecule has 0 aromatic rings. The van der Waals surface area contributed by atoms with E-state index in [-0.39, 0.29) is 11.8 Å². The quantitative estimate of drug-likeness (QED) is 0.328. The van der Waals surface area contributed by atoms with Crippen LogP contribution in [0.2, 0.25) is 0 Å². The predicted molar refractivity (Wildman–Crippen MR) is 92.1 cm³/mol. The molecule has 0 rings (SSSR count). The largest absolute Gasteiger partial charge is 0.480 e. The van der Waals surface area contributed by atoms with Crippen molar-refractivity contribution in [3.8, 4) is 0 Å². The van der Waals surface area contributed by atoms with Crippen LogP contribution in [0.4, 0.5) is 0 Å². The summed E-state index contributed by atoms with van der Waals surface area (Å²) in [6.45, 7) is 7.52. The van der Waals surface area contributed by atoms with Gasteiger partial charge in [-0.2, -0.15) is 0 Å². The van der Waals surface area contributed by atoms with Crippen molar-refractivity contribution in [1.82, 2.24) is 10.6 Å². The van der Waals surface area contributed by atoms with Gasteiger partial charge in [0.05, 0.1) is 6.04 Å². The molecule has 140 valence electrons. The first-order chi connectivity index (χ1) is 11.1. The molecule has 0 heterocycles. The van der Waals surface area contributed by atoms with Crippen molar-refractivity contribution >= 4 is 17.8 Å². The number of amides is 2. The lowest BCUT2D eigenvalue weighted by atomic mass is 10.0. The summed E-state index contributed by atoms with van der Waals surface area (Å²) < 4.78 is 0. The molecule has 8 heteroatoms. The van der Waals surface area contributed by atoms with Crippen molar-refractivity contribution in [3.63, 3.8) is 0 Å². The number of carbonyl (C=O) groups is 3. The molecule has 0 saturated heterocycles. The summed E-state index contributed by atoms with van der Waals surface area (Å²) in [6.07, 6.45) is 1.73. The molecule has 2 amide bonds. The van der Waals surface area contributed by atoms with Crippen molar-refractivity contribution in [1.29, 1.82) is 0 Å². The highest BCUT2D eigenvalue weighted by Crippen LogP contribution is 2.07. The Bertz CT molecular complexity index is 426. The average molecular weight is 344 g/mol. The summed E-state index contributed by atoms with van der Waals surface area (Å²) >= 11 is 0. The number of aliphatic carboxylic acids is 1. The van der Waals surface area contributed by atoms with Gasteiger partial charge in [-0.25, -0.2) is 4.79 Å². The molecule has 0 aromatic carbocycles. The Morgan fingerprint density at radius 1 is 0.958 bits per heavy atom. The standard InChI is InChI=1S/C16H32N4O4/c1-9(2)12(18)15(22)19-11(7-5-6-8-17)14(21)20-13(10(3)4)16(23)24/h9-13H,5-8,17-18H2,1-4H3,(H,19,22)(H,20,21)(H,23,24)/t11-,12-,13-/m0/s1. The molecular formula is C16H32N4O4. The van der Waals surface area contributed by atoms with Gasteiger partial charge in [-0.3, -0.25) is 9.59 Å². The van der Waals surface area contributed by atoms with E-state index in [0.29, 0.717) is 25.8 Å². The minimum atomic E-state index is -1.11. The maximum Gasteiger partial charge on any atom is 0.326 e. The average Bonchev–Trinajstić information content (AvgIpc) is 2.49. The second kappa shape index (κ2) is 11.0. The molecule has 7 N–H and O–H groups in total.